The molecule has 1 amide bonds. The molecule has 1 aromatic rings. The van der Waals surface area contributed by atoms with E-state index in [1.165, 1.54) is 7.11 Å². The van der Waals surface area contributed by atoms with E-state index in [-0.39, 0.29) is 18.6 Å². The summed E-state index contributed by atoms with van der Waals surface area (Å²) in [7, 11) is 1.30. The summed E-state index contributed by atoms with van der Waals surface area (Å²) in [5.74, 6) is -0.138. The third-order valence-electron chi connectivity index (χ3n) is 3.21. The second kappa shape index (κ2) is 7.08. The smallest absolute Gasteiger partial charge is 0.343 e. The highest BCUT2D eigenvalue weighted by Crippen LogP contribution is 2.22. The lowest BCUT2D eigenvalue weighted by Crippen LogP contribution is -2.27. The van der Waals surface area contributed by atoms with E-state index < -0.39 is 12.1 Å². The number of hydrogen-bond donors (Lipinski definition) is 1. The maximum absolute atomic E-state index is 12.0. The van der Waals surface area contributed by atoms with E-state index in [1.807, 2.05) is 6.92 Å². The van der Waals surface area contributed by atoms with E-state index in [2.05, 4.69) is 10.1 Å². The van der Waals surface area contributed by atoms with E-state index in [1.54, 1.807) is 24.3 Å². The predicted octanol–water partition coefficient (Wildman–Crippen LogP) is 1.74. The molecule has 1 aromatic carbocycles. The van der Waals surface area contributed by atoms with Crippen LogP contribution < -0.4 is 10.1 Å². The zero-order chi connectivity index (χ0) is 15.2. The number of ether oxygens (including phenoxy) is 3. The highest BCUT2D eigenvalue weighted by atomic mass is 16.6. The molecule has 2 atom stereocenters. The minimum Gasteiger partial charge on any atom is -0.482 e. The number of methoxy groups -OCH3 is 1. The van der Waals surface area contributed by atoms with Crippen molar-refractivity contribution in [1.29, 1.82) is 0 Å². The van der Waals surface area contributed by atoms with Crippen LogP contribution in [0.3, 0.4) is 0 Å². The fourth-order valence-corrected chi connectivity index (χ4v) is 2.08. The molecule has 6 nitrogen and oxygen atoms in total. The van der Waals surface area contributed by atoms with Crippen molar-refractivity contribution in [2.75, 3.05) is 19.0 Å². The molecule has 1 heterocycles. The summed E-state index contributed by atoms with van der Waals surface area (Å²) in [5.41, 5.74) is 0.602. The number of esters is 1. The first kappa shape index (κ1) is 15.3. The normalized spacial score (nSPS) is 20.9. The van der Waals surface area contributed by atoms with Crippen LogP contribution in [-0.4, -0.2) is 37.8 Å². The molecule has 1 fully saturated rings. The van der Waals surface area contributed by atoms with E-state index >= 15 is 0 Å². The number of carbonyl (C=O) groups is 2. The molecule has 6 heteroatoms. The van der Waals surface area contributed by atoms with Gasteiger partial charge in [0.2, 0.25) is 0 Å². The van der Waals surface area contributed by atoms with Crippen LogP contribution in [0.15, 0.2) is 24.3 Å². The van der Waals surface area contributed by atoms with Gasteiger partial charge in [0, 0.05) is 11.8 Å². The number of carbonyl (C=O) groups excluding carboxylic acids is 2. The van der Waals surface area contributed by atoms with Crippen molar-refractivity contribution in [3.63, 3.8) is 0 Å². The summed E-state index contributed by atoms with van der Waals surface area (Å²) in [4.78, 5) is 23.1. The molecule has 2 rings (SSSR count). The van der Waals surface area contributed by atoms with E-state index in [0.717, 1.165) is 12.8 Å². The first-order chi connectivity index (χ1) is 10.1. The van der Waals surface area contributed by atoms with Crippen molar-refractivity contribution in [3.8, 4) is 5.75 Å². The van der Waals surface area contributed by atoms with E-state index in [0.29, 0.717) is 11.4 Å². The second-order valence-electron chi connectivity index (χ2n) is 4.89. The Hall–Kier alpha value is -2.08. The zero-order valence-corrected chi connectivity index (χ0v) is 12.1. The van der Waals surface area contributed by atoms with Crippen LogP contribution in [0.5, 0.6) is 5.75 Å². The monoisotopic (exact) mass is 293 g/mol. The first-order valence-corrected chi connectivity index (χ1v) is 6.84. The van der Waals surface area contributed by atoms with Gasteiger partial charge in [0.05, 0.1) is 13.2 Å². The van der Waals surface area contributed by atoms with Crippen LogP contribution in [0.25, 0.3) is 0 Å². The van der Waals surface area contributed by atoms with Crippen LogP contribution in [0.2, 0.25) is 0 Å². The molecule has 0 radical (unpaired) electrons. The average Bonchev–Trinajstić information content (AvgIpc) is 2.92. The lowest BCUT2D eigenvalue weighted by Gasteiger charge is -2.12. The maximum atomic E-state index is 12.0. The van der Waals surface area contributed by atoms with Crippen LogP contribution in [0.4, 0.5) is 5.69 Å². The van der Waals surface area contributed by atoms with Gasteiger partial charge in [-0.15, -0.1) is 0 Å². The van der Waals surface area contributed by atoms with Crippen LogP contribution >= 0.6 is 0 Å². The van der Waals surface area contributed by atoms with Crippen molar-refractivity contribution in [1.82, 2.24) is 0 Å². The van der Waals surface area contributed by atoms with E-state index in [4.69, 9.17) is 9.47 Å². The third kappa shape index (κ3) is 4.46. The quantitative estimate of drug-likeness (QED) is 0.837. The Morgan fingerprint density at radius 2 is 2.19 bits per heavy atom. The van der Waals surface area contributed by atoms with Gasteiger partial charge in [-0.3, -0.25) is 4.79 Å². The Kier molecular flexibility index (Phi) is 5.16. The van der Waals surface area contributed by atoms with E-state index in [9.17, 15) is 9.59 Å². The third-order valence-corrected chi connectivity index (χ3v) is 3.21. The molecule has 0 bridgehead atoms. The van der Waals surface area contributed by atoms with Gasteiger partial charge in [-0.25, -0.2) is 4.79 Å². The number of benzene rings is 1. The largest absolute Gasteiger partial charge is 0.482 e. The molecular formula is C15H19NO5. The Bertz CT molecular complexity index is 517. The molecule has 1 saturated heterocycles. The zero-order valence-electron chi connectivity index (χ0n) is 12.1. The van der Waals surface area contributed by atoms with Crippen molar-refractivity contribution in [3.05, 3.63) is 24.3 Å². The molecule has 1 aliphatic rings. The second-order valence-corrected chi connectivity index (χ2v) is 4.89. The lowest BCUT2D eigenvalue weighted by atomic mass is 10.2. The SMILES string of the molecule is COC(=O)COc1cccc(NC(=O)C2CCC(C)O2)c1. The van der Waals surface area contributed by atoms with Gasteiger partial charge in [-0.05, 0) is 31.9 Å². The van der Waals surface area contributed by atoms with Gasteiger partial charge in [0.1, 0.15) is 11.9 Å². The van der Waals surface area contributed by atoms with Crippen LogP contribution in [0.1, 0.15) is 19.8 Å². The minimum atomic E-state index is -0.460. The van der Waals surface area contributed by atoms with Gasteiger partial charge in [-0.2, -0.15) is 0 Å². The van der Waals surface area contributed by atoms with Crippen molar-refractivity contribution < 1.29 is 23.8 Å². The number of rotatable bonds is 5. The summed E-state index contributed by atoms with van der Waals surface area (Å²) in [6, 6.07) is 6.84. The summed E-state index contributed by atoms with van der Waals surface area (Å²) in [5, 5.41) is 2.79. The lowest BCUT2D eigenvalue weighted by molar-refractivity contribution is -0.142. The minimum absolute atomic E-state index is 0.121. The maximum Gasteiger partial charge on any atom is 0.343 e. The molecule has 21 heavy (non-hydrogen) atoms. The number of amides is 1. The van der Waals surface area contributed by atoms with Gasteiger partial charge < -0.3 is 19.5 Å². The van der Waals surface area contributed by atoms with Crippen LogP contribution in [0, 0.1) is 0 Å². The molecular weight excluding hydrogens is 274 g/mol. The molecule has 114 valence electrons. The van der Waals surface area contributed by atoms with Crippen molar-refractivity contribution in [2.24, 2.45) is 0 Å². The topological polar surface area (TPSA) is 73.9 Å². The van der Waals surface area contributed by atoms with Crippen LogP contribution in [-0.2, 0) is 19.1 Å². The fraction of sp³-hybridized carbons (Fsp3) is 0.467. The number of anilines is 1. The fourth-order valence-electron chi connectivity index (χ4n) is 2.08. The summed E-state index contributed by atoms with van der Waals surface area (Å²) in [6.45, 7) is 1.78. The summed E-state index contributed by atoms with van der Waals surface area (Å²) in [6.07, 6.45) is 1.33. The molecule has 2 unspecified atom stereocenters. The predicted molar refractivity (Wildman–Crippen MR) is 76.2 cm³/mol. The van der Waals surface area contributed by atoms with Gasteiger partial charge in [0.25, 0.3) is 5.91 Å². The van der Waals surface area contributed by atoms with Gasteiger partial charge in [-0.1, -0.05) is 6.07 Å². The Morgan fingerprint density at radius 1 is 1.38 bits per heavy atom. The van der Waals surface area contributed by atoms with Crippen molar-refractivity contribution in [2.45, 2.75) is 32.0 Å². The Balaban J connectivity index is 1.91. The molecule has 1 N–H and O–H groups in total. The molecule has 0 spiro atoms. The Morgan fingerprint density at radius 3 is 2.86 bits per heavy atom. The van der Waals surface area contributed by atoms with Crippen molar-refractivity contribution >= 4 is 17.6 Å². The molecule has 0 aliphatic carbocycles. The number of nitrogens with one attached hydrogen (secondary N) is 1. The molecule has 0 saturated carbocycles. The molecule has 0 aromatic heterocycles. The highest BCUT2D eigenvalue weighted by Gasteiger charge is 2.28. The first-order valence-electron chi connectivity index (χ1n) is 6.84. The highest BCUT2D eigenvalue weighted by molar-refractivity contribution is 5.94. The van der Waals surface area contributed by atoms with Gasteiger partial charge in [0.15, 0.2) is 6.61 Å². The molecule has 1 aliphatic heterocycles. The number of hydrogen-bond acceptors (Lipinski definition) is 5. The summed E-state index contributed by atoms with van der Waals surface area (Å²) >= 11 is 0. The average molecular weight is 293 g/mol. The summed E-state index contributed by atoms with van der Waals surface area (Å²) < 4.78 is 15.3. The standard InChI is InChI=1S/C15H19NO5/c1-10-6-7-13(21-10)15(18)16-11-4-3-5-12(8-11)20-9-14(17)19-2/h3-5,8,10,13H,6-7,9H2,1-2H3,(H,16,18). The van der Waals surface area contributed by atoms with Gasteiger partial charge >= 0.3 is 5.97 Å². The Labute approximate surface area is 123 Å².